The van der Waals surface area contributed by atoms with Crippen molar-refractivity contribution in [1.29, 1.82) is 0 Å². The van der Waals surface area contributed by atoms with Crippen LogP contribution in [0.4, 0.5) is 0 Å². The van der Waals surface area contributed by atoms with E-state index in [1.165, 1.54) is 0 Å². The van der Waals surface area contributed by atoms with Crippen LogP contribution in [0, 0.1) is 13.8 Å². The molecule has 0 aliphatic rings. The molecule has 0 radical (unpaired) electrons. The first-order valence-electron chi connectivity index (χ1n) is 9.75. The third kappa shape index (κ3) is 4.62. The predicted molar refractivity (Wildman–Crippen MR) is 115 cm³/mol. The first-order chi connectivity index (χ1) is 13.8. The van der Waals surface area contributed by atoms with Crippen molar-refractivity contribution in [1.82, 2.24) is 10.3 Å². The number of hydrogen-bond donors (Lipinski definition) is 1. The summed E-state index contributed by atoms with van der Waals surface area (Å²) in [6, 6.07) is 15.3. The number of nitrogens with zero attached hydrogens (tertiary/aromatic N) is 1. The number of esters is 1. The number of pyridine rings is 1. The third-order valence-electron chi connectivity index (χ3n) is 4.68. The van der Waals surface area contributed by atoms with Crippen LogP contribution in [0.25, 0.3) is 22.2 Å². The lowest BCUT2D eigenvalue weighted by atomic mass is 9.99. The van der Waals surface area contributed by atoms with Crippen LogP contribution in [-0.2, 0) is 9.53 Å². The number of carbonyl (C=O) groups is 2. The van der Waals surface area contributed by atoms with E-state index < -0.39 is 12.1 Å². The van der Waals surface area contributed by atoms with Crippen molar-refractivity contribution in [3.63, 3.8) is 0 Å². The van der Waals surface area contributed by atoms with E-state index in [-0.39, 0.29) is 11.9 Å². The Bertz CT molecular complexity index is 1070. The maximum absolute atomic E-state index is 13.0. The van der Waals surface area contributed by atoms with Crippen molar-refractivity contribution in [3.05, 3.63) is 65.2 Å². The Morgan fingerprint density at radius 2 is 1.72 bits per heavy atom. The summed E-state index contributed by atoms with van der Waals surface area (Å²) < 4.78 is 5.47. The molecule has 0 saturated heterocycles. The van der Waals surface area contributed by atoms with Crippen LogP contribution in [0.2, 0.25) is 0 Å². The zero-order chi connectivity index (χ0) is 21.1. The summed E-state index contributed by atoms with van der Waals surface area (Å²) in [5.41, 5.74) is 5.01. The second-order valence-electron chi connectivity index (χ2n) is 7.60. The van der Waals surface area contributed by atoms with Crippen molar-refractivity contribution in [3.8, 4) is 11.3 Å². The second-order valence-corrected chi connectivity index (χ2v) is 7.60. The molecule has 0 bridgehead atoms. The van der Waals surface area contributed by atoms with Gasteiger partial charge in [-0.2, -0.15) is 0 Å². The minimum atomic E-state index is -0.888. The van der Waals surface area contributed by atoms with Crippen LogP contribution >= 0.6 is 0 Å². The van der Waals surface area contributed by atoms with Crippen molar-refractivity contribution in [2.24, 2.45) is 0 Å². The zero-order valence-electron chi connectivity index (χ0n) is 17.4. The minimum Gasteiger partial charge on any atom is -0.449 e. The molecule has 150 valence electrons. The topological polar surface area (TPSA) is 68.3 Å². The monoisotopic (exact) mass is 390 g/mol. The molecule has 1 amide bonds. The molecule has 0 fully saturated rings. The average molecular weight is 390 g/mol. The smallest absolute Gasteiger partial charge is 0.339 e. The van der Waals surface area contributed by atoms with Gasteiger partial charge in [0.1, 0.15) is 0 Å². The SMILES string of the molecule is Cc1ccc(-c2cc(C(=O)OC(C)C(=O)NC(C)C)c3ccccc3n2)c(C)c1. The molecule has 5 heteroatoms. The van der Waals surface area contributed by atoms with Crippen LogP contribution in [-0.4, -0.2) is 29.0 Å². The average Bonchev–Trinajstić information content (AvgIpc) is 2.66. The fourth-order valence-corrected chi connectivity index (χ4v) is 3.26. The summed E-state index contributed by atoms with van der Waals surface area (Å²) in [5.74, 6) is -0.859. The maximum Gasteiger partial charge on any atom is 0.339 e. The molecule has 0 spiro atoms. The number of amides is 1. The van der Waals surface area contributed by atoms with Gasteiger partial charge in [-0.3, -0.25) is 4.79 Å². The maximum atomic E-state index is 13.0. The molecule has 0 aliphatic heterocycles. The van der Waals surface area contributed by atoms with Gasteiger partial charge in [-0.25, -0.2) is 9.78 Å². The fourth-order valence-electron chi connectivity index (χ4n) is 3.26. The first-order valence-corrected chi connectivity index (χ1v) is 9.75. The van der Waals surface area contributed by atoms with Crippen LogP contribution in [0.1, 0.15) is 42.3 Å². The molecule has 1 N–H and O–H groups in total. The standard InChI is InChI=1S/C24H26N2O3/c1-14(2)25-23(27)17(5)29-24(28)20-13-22(18-11-10-15(3)12-16(18)4)26-21-9-7-6-8-19(20)21/h6-14,17H,1-5H3,(H,25,27). The van der Waals surface area contributed by atoms with Gasteiger partial charge < -0.3 is 10.1 Å². The van der Waals surface area contributed by atoms with Crippen molar-refractivity contribution < 1.29 is 14.3 Å². The van der Waals surface area contributed by atoms with E-state index in [4.69, 9.17) is 9.72 Å². The molecule has 2 aromatic carbocycles. The molecule has 1 aromatic heterocycles. The number of hydrogen-bond acceptors (Lipinski definition) is 4. The minimum absolute atomic E-state index is 0.0264. The van der Waals surface area contributed by atoms with Gasteiger partial charge in [-0.15, -0.1) is 0 Å². The molecule has 1 atom stereocenters. The largest absolute Gasteiger partial charge is 0.449 e. The summed E-state index contributed by atoms with van der Waals surface area (Å²) >= 11 is 0. The summed E-state index contributed by atoms with van der Waals surface area (Å²) in [4.78, 5) is 29.8. The van der Waals surface area contributed by atoms with Crippen LogP contribution in [0.15, 0.2) is 48.5 Å². The number of aryl methyl sites for hydroxylation is 2. The Hall–Kier alpha value is -3.21. The Balaban J connectivity index is 2.02. The normalized spacial score (nSPS) is 12.1. The summed E-state index contributed by atoms with van der Waals surface area (Å²) in [5, 5.41) is 3.45. The van der Waals surface area contributed by atoms with Crippen LogP contribution in [0.3, 0.4) is 0 Å². The highest BCUT2D eigenvalue weighted by atomic mass is 16.5. The number of rotatable bonds is 5. The van der Waals surface area contributed by atoms with Crippen molar-refractivity contribution in [2.75, 3.05) is 0 Å². The van der Waals surface area contributed by atoms with E-state index in [2.05, 4.69) is 11.4 Å². The fraction of sp³-hybridized carbons (Fsp3) is 0.292. The number of benzene rings is 2. The summed E-state index contributed by atoms with van der Waals surface area (Å²) in [6.45, 7) is 9.36. The van der Waals surface area contributed by atoms with Crippen molar-refractivity contribution >= 4 is 22.8 Å². The van der Waals surface area contributed by atoms with Gasteiger partial charge >= 0.3 is 5.97 Å². The number of carbonyl (C=O) groups excluding carboxylic acids is 2. The highest BCUT2D eigenvalue weighted by Crippen LogP contribution is 2.28. The lowest BCUT2D eigenvalue weighted by molar-refractivity contribution is -0.129. The molecule has 1 heterocycles. The third-order valence-corrected chi connectivity index (χ3v) is 4.68. The Morgan fingerprint density at radius 1 is 1.00 bits per heavy atom. The van der Waals surface area contributed by atoms with Crippen LogP contribution < -0.4 is 5.32 Å². The van der Waals surface area contributed by atoms with Gasteiger partial charge in [-0.05, 0) is 52.3 Å². The van der Waals surface area contributed by atoms with Gasteiger partial charge in [0.25, 0.3) is 5.91 Å². The number of fused-ring (bicyclic) bond motifs is 1. The number of nitrogens with one attached hydrogen (secondary N) is 1. The predicted octanol–water partition coefficient (Wildman–Crippen LogP) is 4.59. The summed E-state index contributed by atoms with van der Waals surface area (Å²) in [6.07, 6.45) is -0.888. The molecule has 3 rings (SSSR count). The van der Waals surface area contributed by atoms with E-state index in [0.717, 1.165) is 16.7 Å². The number of para-hydroxylation sites is 1. The highest BCUT2D eigenvalue weighted by Gasteiger charge is 2.22. The molecule has 1 unspecified atom stereocenters. The first kappa shape index (κ1) is 20.5. The Labute approximate surface area is 171 Å². The molecule has 29 heavy (non-hydrogen) atoms. The zero-order valence-corrected chi connectivity index (χ0v) is 17.4. The highest BCUT2D eigenvalue weighted by molar-refractivity contribution is 6.05. The van der Waals surface area contributed by atoms with Gasteiger partial charge in [-0.1, -0.05) is 42.0 Å². The lowest BCUT2D eigenvalue weighted by Gasteiger charge is -2.16. The van der Waals surface area contributed by atoms with Gasteiger partial charge in [0.05, 0.1) is 16.8 Å². The summed E-state index contributed by atoms with van der Waals surface area (Å²) in [7, 11) is 0. The lowest BCUT2D eigenvalue weighted by Crippen LogP contribution is -2.39. The molecule has 0 saturated carbocycles. The van der Waals surface area contributed by atoms with Gasteiger partial charge in [0, 0.05) is 17.0 Å². The molecular weight excluding hydrogens is 364 g/mol. The molecule has 0 aliphatic carbocycles. The van der Waals surface area contributed by atoms with Crippen LogP contribution in [0.5, 0.6) is 0 Å². The number of aromatic nitrogens is 1. The van der Waals surface area contributed by atoms with Crippen molar-refractivity contribution in [2.45, 2.75) is 46.8 Å². The van der Waals surface area contributed by atoms with E-state index in [1.54, 1.807) is 13.0 Å². The molecule has 3 aromatic rings. The second kappa shape index (κ2) is 8.43. The molecule has 5 nitrogen and oxygen atoms in total. The van der Waals surface area contributed by atoms with E-state index in [1.807, 2.05) is 64.1 Å². The van der Waals surface area contributed by atoms with E-state index in [0.29, 0.717) is 22.2 Å². The number of ether oxygens (including phenoxy) is 1. The molecular formula is C24H26N2O3. The quantitative estimate of drug-likeness (QED) is 0.647. The Kier molecular flexibility index (Phi) is 5.97. The van der Waals surface area contributed by atoms with E-state index in [9.17, 15) is 9.59 Å². The van der Waals surface area contributed by atoms with E-state index >= 15 is 0 Å². The van der Waals surface area contributed by atoms with Gasteiger partial charge in [0.15, 0.2) is 6.10 Å². The Morgan fingerprint density at radius 3 is 2.41 bits per heavy atom. The van der Waals surface area contributed by atoms with Gasteiger partial charge in [0.2, 0.25) is 0 Å².